The van der Waals surface area contributed by atoms with Gasteiger partial charge in [-0.15, -0.1) is 0 Å². The largest absolute Gasteiger partial charge is 0.481 e. The first-order valence-electron chi connectivity index (χ1n) is 6.65. The molecule has 0 saturated heterocycles. The number of para-hydroxylation sites is 1. The molecule has 0 bridgehead atoms. The van der Waals surface area contributed by atoms with Gasteiger partial charge >= 0.3 is 5.97 Å². The van der Waals surface area contributed by atoms with Crippen LogP contribution in [0.15, 0.2) is 22.6 Å². The van der Waals surface area contributed by atoms with E-state index in [0.29, 0.717) is 18.2 Å². The molecule has 1 saturated carbocycles. The molecule has 0 radical (unpaired) electrons. The number of carboxylic acid groups (broad SMARTS) is 1. The van der Waals surface area contributed by atoms with Crippen LogP contribution in [0.25, 0.3) is 11.1 Å². The molecule has 0 spiro atoms. The third kappa shape index (κ3) is 2.01. The molecular formula is C15H17NO3. The van der Waals surface area contributed by atoms with E-state index >= 15 is 0 Å². The van der Waals surface area contributed by atoms with E-state index in [9.17, 15) is 9.90 Å². The second kappa shape index (κ2) is 4.37. The smallest absolute Gasteiger partial charge is 0.307 e. The zero-order chi connectivity index (χ0) is 13.6. The molecule has 1 fully saturated rings. The lowest BCUT2D eigenvalue weighted by Crippen LogP contribution is -2.17. The average Bonchev–Trinajstić information content (AvgIpc) is 2.93. The van der Waals surface area contributed by atoms with Crippen molar-refractivity contribution in [3.05, 3.63) is 29.7 Å². The van der Waals surface area contributed by atoms with Crippen molar-refractivity contribution in [3.63, 3.8) is 0 Å². The van der Waals surface area contributed by atoms with Crippen molar-refractivity contribution in [1.29, 1.82) is 0 Å². The standard InChI is InChI=1S/C15H17NO3/c1-8-6-10(11(7-8)15(17)18)14-16-12-5-3-4-9(2)13(12)19-14/h3-5,8,10-11H,6-7H2,1-2H3,(H,17,18). The maximum Gasteiger partial charge on any atom is 0.307 e. The third-order valence-electron chi connectivity index (χ3n) is 4.06. The first kappa shape index (κ1) is 12.2. The summed E-state index contributed by atoms with van der Waals surface area (Å²) in [5.74, 6) is -0.223. The van der Waals surface area contributed by atoms with Gasteiger partial charge in [0, 0.05) is 5.92 Å². The molecule has 1 N–H and O–H groups in total. The molecule has 1 aliphatic carbocycles. The zero-order valence-corrected chi connectivity index (χ0v) is 11.1. The molecule has 4 nitrogen and oxygen atoms in total. The van der Waals surface area contributed by atoms with Gasteiger partial charge in [0.1, 0.15) is 5.52 Å². The summed E-state index contributed by atoms with van der Waals surface area (Å²) >= 11 is 0. The van der Waals surface area contributed by atoms with Gasteiger partial charge in [0.25, 0.3) is 0 Å². The Labute approximate surface area is 111 Å². The fourth-order valence-electron chi connectivity index (χ4n) is 3.10. The van der Waals surface area contributed by atoms with Gasteiger partial charge < -0.3 is 9.52 Å². The molecule has 3 unspecified atom stereocenters. The monoisotopic (exact) mass is 259 g/mol. The summed E-state index contributed by atoms with van der Waals surface area (Å²) in [7, 11) is 0. The Morgan fingerprint density at radius 3 is 2.89 bits per heavy atom. The fraction of sp³-hybridized carbons (Fsp3) is 0.467. The minimum absolute atomic E-state index is 0.0979. The highest BCUT2D eigenvalue weighted by Crippen LogP contribution is 2.43. The number of hydrogen-bond donors (Lipinski definition) is 1. The Balaban J connectivity index is 2.04. The van der Waals surface area contributed by atoms with Crippen LogP contribution in [0.4, 0.5) is 0 Å². The van der Waals surface area contributed by atoms with E-state index in [1.54, 1.807) is 0 Å². The van der Waals surface area contributed by atoms with Crippen LogP contribution in [-0.2, 0) is 4.79 Å². The quantitative estimate of drug-likeness (QED) is 0.898. The lowest BCUT2D eigenvalue weighted by molar-refractivity contribution is -0.142. The topological polar surface area (TPSA) is 63.3 Å². The van der Waals surface area contributed by atoms with E-state index in [1.165, 1.54) is 0 Å². The number of carboxylic acids is 1. The molecule has 19 heavy (non-hydrogen) atoms. The summed E-state index contributed by atoms with van der Waals surface area (Å²) in [6.07, 6.45) is 1.54. The van der Waals surface area contributed by atoms with E-state index in [2.05, 4.69) is 11.9 Å². The maximum atomic E-state index is 11.3. The van der Waals surface area contributed by atoms with Crippen LogP contribution in [0.1, 0.15) is 37.1 Å². The van der Waals surface area contributed by atoms with E-state index in [4.69, 9.17) is 4.42 Å². The first-order chi connectivity index (χ1) is 9.06. The fourth-order valence-corrected chi connectivity index (χ4v) is 3.10. The van der Waals surface area contributed by atoms with Crippen LogP contribution in [0, 0.1) is 18.8 Å². The lowest BCUT2D eigenvalue weighted by atomic mass is 9.96. The van der Waals surface area contributed by atoms with Gasteiger partial charge in [0.05, 0.1) is 5.92 Å². The molecule has 2 aromatic rings. The molecule has 3 atom stereocenters. The molecule has 1 aliphatic rings. The summed E-state index contributed by atoms with van der Waals surface area (Å²) in [5.41, 5.74) is 2.63. The zero-order valence-electron chi connectivity index (χ0n) is 11.1. The summed E-state index contributed by atoms with van der Waals surface area (Å²) in [6, 6.07) is 5.82. The number of fused-ring (bicyclic) bond motifs is 1. The van der Waals surface area contributed by atoms with Crippen molar-refractivity contribution in [2.75, 3.05) is 0 Å². The third-order valence-corrected chi connectivity index (χ3v) is 4.06. The van der Waals surface area contributed by atoms with E-state index in [1.807, 2.05) is 25.1 Å². The second-order valence-electron chi connectivity index (χ2n) is 5.60. The Morgan fingerprint density at radius 2 is 2.21 bits per heavy atom. The van der Waals surface area contributed by atoms with Crippen molar-refractivity contribution in [2.45, 2.75) is 32.6 Å². The van der Waals surface area contributed by atoms with Gasteiger partial charge in [0.2, 0.25) is 0 Å². The molecule has 100 valence electrons. The lowest BCUT2D eigenvalue weighted by Gasteiger charge is -2.10. The number of aryl methyl sites for hydroxylation is 1. The van der Waals surface area contributed by atoms with Gasteiger partial charge in [0.15, 0.2) is 11.5 Å². The molecule has 4 heteroatoms. The predicted molar refractivity (Wildman–Crippen MR) is 71.0 cm³/mol. The molecule has 0 aliphatic heterocycles. The van der Waals surface area contributed by atoms with Crippen LogP contribution < -0.4 is 0 Å². The number of hydrogen-bond acceptors (Lipinski definition) is 3. The van der Waals surface area contributed by atoms with Crippen molar-refractivity contribution >= 4 is 17.1 Å². The Hall–Kier alpha value is -1.84. The molecule has 1 aromatic heterocycles. The van der Waals surface area contributed by atoms with Crippen molar-refractivity contribution < 1.29 is 14.3 Å². The van der Waals surface area contributed by atoms with Crippen molar-refractivity contribution in [3.8, 4) is 0 Å². The van der Waals surface area contributed by atoms with Gasteiger partial charge in [-0.2, -0.15) is 0 Å². The van der Waals surface area contributed by atoms with Crippen LogP contribution >= 0.6 is 0 Å². The number of rotatable bonds is 2. The number of oxazole rings is 1. The number of aliphatic carboxylic acids is 1. The van der Waals surface area contributed by atoms with Gasteiger partial charge in [-0.05, 0) is 37.3 Å². The van der Waals surface area contributed by atoms with E-state index in [0.717, 1.165) is 23.1 Å². The SMILES string of the molecule is Cc1cccc2nc(C3CC(C)CC3C(=O)O)oc12. The van der Waals surface area contributed by atoms with Crippen molar-refractivity contribution in [1.82, 2.24) is 4.98 Å². The number of nitrogens with zero attached hydrogens (tertiary/aromatic N) is 1. The molecule has 3 rings (SSSR count). The van der Waals surface area contributed by atoms with Gasteiger partial charge in [-0.25, -0.2) is 4.98 Å². The summed E-state index contributed by atoms with van der Waals surface area (Å²) in [4.78, 5) is 15.8. The Morgan fingerprint density at radius 1 is 1.42 bits per heavy atom. The number of carbonyl (C=O) groups is 1. The van der Waals surface area contributed by atoms with E-state index in [-0.39, 0.29) is 11.8 Å². The molecule has 1 heterocycles. The minimum Gasteiger partial charge on any atom is -0.481 e. The highest BCUT2D eigenvalue weighted by Gasteiger charge is 2.40. The number of aromatic nitrogens is 1. The highest BCUT2D eigenvalue weighted by atomic mass is 16.4. The summed E-state index contributed by atoms with van der Waals surface area (Å²) in [6.45, 7) is 4.06. The molecule has 1 aromatic carbocycles. The molecular weight excluding hydrogens is 242 g/mol. The Kier molecular flexibility index (Phi) is 2.81. The Bertz CT molecular complexity index is 631. The summed E-state index contributed by atoms with van der Waals surface area (Å²) < 4.78 is 5.84. The average molecular weight is 259 g/mol. The minimum atomic E-state index is -0.742. The maximum absolute atomic E-state index is 11.3. The molecule has 0 amide bonds. The highest BCUT2D eigenvalue weighted by molar-refractivity contribution is 5.76. The van der Waals surface area contributed by atoms with Crippen LogP contribution in [0.5, 0.6) is 0 Å². The normalized spacial score (nSPS) is 26.9. The first-order valence-corrected chi connectivity index (χ1v) is 6.65. The van der Waals surface area contributed by atoms with Crippen molar-refractivity contribution in [2.24, 2.45) is 11.8 Å². The van der Waals surface area contributed by atoms with E-state index < -0.39 is 5.97 Å². The van der Waals surface area contributed by atoms with Crippen LogP contribution in [0.3, 0.4) is 0 Å². The van der Waals surface area contributed by atoms with Crippen LogP contribution in [0.2, 0.25) is 0 Å². The summed E-state index contributed by atoms with van der Waals surface area (Å²) in [5, 5.41) is 9.32. The van der Waals surface area contributed by atoms with Crippen LogP contribution in [-0.4, -0.2) is 16.1 Å². The predicted octanol–water partition coefficient (Wildman–Crippen LogP) is 3.35. The second-order valence-corrected chi connectivity index (χ2v) is 5.60. The van der Waals surface area contributed by atoms with Gasteiger partial charge in [-0.3, -0.25) is 4.79 Å². The van der Waals surface area contributed by atoms with Gasteiger partial charge in [-0.1, -0.05) is 19.1 Å². The number of benzene rings is 1.